The van der Waals surface area contributed by atoms with E-state index in [1.165, 1.54) is 87.7 Å². The van der Waals surface area contributed by atoms with E-state index in [1.54, 1.807) is 44.2 Å². The molecule has 0 aliphatic rings. The molecule has 0 saturated carbocycles. The highest BCUT2D eigenvalue weighted by Gasteiger charge is 2.26. The van der Waals surface area contributed by atoms with Crippen molar-refractivity contribution in [3.8, 4) is 11.1 Å². The first-order valence-corrected chi connectivity index (χ1v) is 16.1. The molecule has 0 fully saturated rings. The van der Waals surface area contributed by atoms with Crippen LogP contribution in [0.25, 0.3) is 11.1 Å². The molecule has 1 heteroatoms. The van der Waals surface area contributed by atoms with Gasteiger partial charge in [0.15, 0.2) is 0 Å². The maximum Gasteiger partial charge on any atom is -0.00666 e. The Morgan fingerprint density at radius 1 is 0.529 bits per heavy atom. The zero-order valence-corrected chi connectivity index (χ0v) is 25.0. The van der Waals surface area contributed by atoms with E-state index in [0.717, 1.165) is 0 Å². The van der Waals surface area contributed by atoms with Crippen LogP contribution in [0.4, 0.5) is 0 Å². The van der Waals surface area contributed by atoms with Gasteiger partial charge in [-0.25, -0.2) is 0 Å². The molecule has 0 nitrogen and oxygen atoms in total. The fourth-order valence-corrected chi connectivity index (χ4v) is 8.86. The summed E-state index contributed by atoms with van der Waals surface area (Å²) in [6.45, 7) is 21.4. The lowest BCUT2D eigenvalue weighted by Crippen LogP contribution is -2.19. The first-order chi connectivity index (χ1) is 16.4. The van der Waals surface area contributed by atoms with Crippen molar-refractivity contribution in [2.75, 3.05) is 12.3 Å². The maximum absolute atomic E-state index is 2.58. The van der Waals surface area contributed by atoms with E-state index in [2.05, 4.69) is 74.4 Å². The standard InChI is InChI=1S/C33H53P/c1-10-15-20-34(21-16-11-2)33-27(9)25(7)24(6)26(8)31(33)32-29(18-13-4)22-28(17-12-3)23-30(32)19-14-5/h22-23H,10-21H2,1-9H3. The Balaban J connectivity index is 2.96. The lowest BCUT2D eigenvalue weighted by atomic mass is 9.83. The Labute approximate surface area is 214 Å². The van der Waals surface area contributed by atoms with Gasteiger partial charge in [-0.15, -0.1) is 0 Å². The van der Waals surface area contributed by atoms with E-state index in [4.69, 9.17) is 0 Å². The Hall–Kier alpha value is -1.13. The highest BCUT2D eigenvalue weighted by atomic mass is 31.1. The minimum Gasteiger partial charge on any atom is -0.0743 e. The summed E-state index contributed by atoms with van der Waals surface area (Å²) in [5.74, 6) is 0. The van der Waals surface area contributed by atoms with Crippen LogP contribution in [0.1, 0.15) is 119 Å². The van der Waals surface area contributed by atoms with Crippen LogP contribution in [-0.2, 0) is 19.3 Å². The predicted octanol–water partition coefficient (Wildman–Crippen LogP) is 10.2. The SMILES string of the molecule is CCCCP(CCCC)c1c(C)c(C)c(C)c(C)c1-c1c(CCC)cc(CCC)cc1CCC. The van der Waals surface area contributed by atoms with Gasteiger partial charge < -0.3 is 0 Å². The lowest BCUT2D eigenvalue weighted by Gasteiger charge is -2.30. The molecular weight excluding hydrogens is 427 g/mol. The zero-order chi connectivity index (χ0) is 25.3. The predicted molar refractivity (Wildman–Crippen MR) is 159 cm³/mol. The van der Waals surface area contributed by atoms with Crippen LogP contribution >= 0.6 is 7.92 Å². The molecule has 0 atom stereocenters. The van der Waals surface area contributed by atoms with Crippen molar-refractivity contribution in [1.29, 1.82) is 0 Å². The number of benzene rings is 2. The number of rotatable bonds is 14. The minimum absolute atomic E-state index is 0.135. The fraction of sp³-hybridized carbons (Fsp3) is 0.636. The molecule has 0 radical (unpaired) electrons. The van der Waals surface area contributed by atoms with Gasteiger partial charge in [-0.3, -0.25) is 0 Å². The van der Waals surface area contributed by atoms with E-state index in [9.17, 15) is 0 Å². The molecule has 0 unspecified atom stereocenters. The molecule has 0 saturated heterocycles. The Bertz CT molecular complexity index is 886. The van der Waals surface area contributed by atoms with E-state index < -0.39 is 0 Å². The second-order valence-electron chi connectivity index (χ2n) is 10.5. The van der Waals surface area contributed by atoms with Crippen LogP contribution in [0.2, 0.25) is 0 Å². The van der Waals surface area contributed by atoms with Crippen LogP contribution < -0.4 is 5.30 Å². The second kappa shape index (κ2) is 14.4. The molecule has 2 aromatic carbocycles. The highest BCUT2D eigenvalue weighted by Crippen LogP contribution is 2.46. The molecule has 0 bridgehead atoms. The van der Waals surface area contributed by atoms with Crippen LogP contribution in [0, 0.1) is 27.7 Å². The number of unbranched alkanes of at least 4 members (excludes halogenated alkanes) is 2. The van der Waals surface area contributed by atoms with Crippen molar-refractivity contribution in [2.45, 2.75) is 127 Å². The quantitative estimate of drug-likeness (QED) is 0.236. The molecule has 0 amide bonds. The summed E-state index contributed by atoms with van der Waals surface area (Å²) < 4.78 is 0. The van der Waals surface area contributed by atoms with E-state index in [-0.39, 0.29) is 7.92 Å². The van der Waals surface area contributed by atoms with Crippen molar-refractivity contribution < 1.29 is 0 Å². The minimum atomic E-state index is -0.135. The second-order valence-corrected chi connectivity index (χ2v) is 12.9. The topological polar surface area (TPSA) is 0 Å². The van der Waals surface area contributed by atoms with Crippen LogP contribution in [0.3, 0.4) is 0 Å². The van der Waals surface area contributed by atoms with Gasteiger partial charge >= 0.3 is 0 Å². The van der Waals surface area contributed by atoms with Crippen molar-refractivity contribution in [2.24, 2.45) is 0 Å². The summed E-state index contributed by atoms with van der Waals surface area (Å²) in [5.41, 5.74) is 14.3. The van der Waals surface area contributed by atoms with Crippen molar-refractivity contribution in [3.05, 3.63) is 51.1 Å². The molecule has 0 aliphatic heterocycles. The average Bonchev–Trinajstić information content (AvgIpc) is 2.82. The third-order valence-corrected chi connectivity index (χ3v) is 10.6. The van der Waals surface area contributed by atoms with Crippen molar-refractivity contribution >= 4 is 13.2 Å². The fourth-order valence-electron chi connectivity index (χ4n) is 5.55. The molecule has 0 spiro atoms. The maximum atomic E-state index is 2.58. The first kappa shape index (κ1) is 29.1. The zero-order valence-electron chi connectivity index (χ0n) is 24.1. The van der Waals surface area contributed by atoms with Crippen LogP contribution in [0.5, 0.6) is 0 Å². The normalized spacial score (nSPS) is 11.6. The molecule has 2 rings (SSSR count). The molecular formula is C33H53P. The number of aryl methyl sites for hydroxylation is 3. The highest BCUT2D eigenvalue weighted by molar-refractivity contribution is 7.66. The summed E-state index contributed by atoms with van der Waals surface area (Å²) in [6, 6.07) is 5.16. The summed E-state index contributed by atoms with van der Waals surface area (Å²) in [6.07, 6.45) is 15.3. The molecule has 0 N–H and O–H groups in total. The van der Waals surface area contributed by atoms with Gasteiger partial charge in [-0.1, -0.05) is 86.8 Å². The number of hydrogen-bond donors (Lipinski definition) is 0. The van der Waals surface area contributed by atoms with Crippen LogP contribution in [0.15, 0.2) is 12.1 Å². The Morgan fingerprint density at radius 2 is 1.00 bits per heavy atom. The van der Waals surface area contributed by atoms with Gasteiger partial charge in [0.25, 0.3) is 0 Å². The van der Waals surface area contributed by atoms with Gasteiger partial charge in [0.05, 0.1) is 0 Å². The van der Waals surface area contributed by atoms with Crippen molar-refractivity contribution in [3.63, 3.8) is 0 Å². The lowest BCUT2D eigenvalue weighted by molar-refractivity contribution is 0.869. The third kappa shape index (κ3) is 6.75. The first-order valence-electron chi connectivity index (χ1n) is 14.4. The monoisotopic (exact) mass is 480 g/mol. The molecule has 2 aromatic rings. The molecule has 0 heterocycles. The van der Waals surface area contributed by atoms with Gasteiger partial charge in [0.2, 0.25) is 0 Å². The van der Waals surface area contributed by atoms with Gasteiger partial charge in [-0.05, 0) is 127 Å². The molecule has 34 heavy (non-hydrogen) atoms. The smallest absolute Gasteiger partial charge is 0.00666 e. The summed E-state index contributed by atoms with van der Waals surface area (Å²) in [7, 11) is -0.135. The summed E-state index contributed by atoms with van der Waals surface area (Å²) >= 11 is 0. The summed E-state index contributed by atoms with van der Waals surface area (Å²) in [5, 5.41) is 1.76. The van der Waals surface area contributed by atoms with Gasteiger partial charge in [0, 0.05) is 0 Å². The van der Waals surface area contributed by atoms with Gasteiger partial charge in [0.1, 0.15) is 0 Å². The molecule has 190 valence electrons. The summed E-state index contributed by atoms with van der Waals surface area (Å²) in [4.78, 5) is 0. The van der Waals surface area contributed by atoms with E-state index in [0.29, 0.717) is 0 Å². The van der Waals surface area contributed by atoms with Gasteiger partial charge in [-0.2, -0.15) is 0 Å². The van der Waals surface area contributed by atoms with Crippen molar-refractivity contribution in [1.82, 2.24) is 0 Å². The Kier molecular flexibility index (Phi) is 12.4. The molecule has 0 aliphatic carbocycles. The number of hydrogen-bond acceptors (Lipinski definition) is 0. The van der Waals surface area contributed by atoms with E-state index in [1.807, 2.05) is 0 Å². The average molecular weight is 481 g/mol. The van der Waals surface area contributed by atoms with E-state index >= 15 is 0 Å². The van der Waals surface area contributed by atoms with Crippen LogP contribution in [-0.4, -0.2) is 12.3 Å². The third-order valence-electron chi connectivity index (χ3n) is 7.72. The largest absolute Gasteiger partial charge is 0.0743 e. The molecule has 0 aromatic heterocycles. The Morgan fingerprint density at radius 3 is 1.44 bits per heavy atom.